The number of benzene rings is 3. The van der Waals surface area contributed by atoms with E-state index < -0.39 is 10.0 Å². The minimum Gasteiger partial charge on any atom is -0.457 e. The van der Waals surface area contributed by atoms with Crippen molar-refractivity contribution >= 4 is 22.1 Å². The van der Waals surface area contributed by atoms with Crippen molar-refractivity contribution in [3.8, 4) is 11.5 Å². The first-order chi connectivity index (χ1) is 15.0. The molecule has 5 nitrogen and oxygen atoms in total. The summed E-state index contributed by atoms with van der Waals surface area (Å²) in [5.74, 6) is 1.29. The van der Waals surface area contributed by atoms with Crippen LogP contribution in [0.2, 0.25) is 0 Å². The first-order valence-electron chi connectivity index (χ1n) is 10.2. The van der Waals surface area contributed by atoms with Gasteiger partial charge in [0.15, 0.2) is 0 Å². The number of ether oxygens (including phenoxy) is 1. The average molecular weight is 458 g/mol. The zero-order valence-electron chi connectivity index (χ0n) is 17.7. The van der Waals surface area contributed by atoms with Gasteiger partial charge in [0.1, 0.15) is 11.5 Å². The third-order valence-corrected chi connectivity index (χ3v) is 7.18. The molecule has 0 atom stereocenters. The van der Waals surface area contributed by atoms with E-state index in [2.05, 4.69) is 0 Å². The Balaban J connectivity index is 1.60. The zero-order valence-corrected chi connectivity index (χ0v) is 19.4. The highest BCUT2D eigenvalue weighted by Crippen LogP contribution is 2.25. The molecule has 0 aliphatic heterocycles. The normalized spacial score (nSPS) is 11.6. The molecule has 3 aromatic carbocycles. The number of hydrogen-bond donors (Lipinski definition) is 0. The topological polar surface area (TPSA) is 55.8 Å². The van der Waals surface area contributed by atoms with Crippen LogP contribution >= 0.6 is 12.0 Å². The summed E-state index contributed by atoms with van der Waals surface area (Å²) in [4.78, 5) is 1.23. The fourth-order valence-electron chi connectivity index (χ4n) is 2.90. The summed E-state index contributed by atoms with van der Waals surface area (Å²) in [6.07, 6.45) is 0.722. The second-order valence-corrected chi connectivity index (χ2v) is 9.82. The van der Waals surface area contributed by atoms with Gasteiger partial charge in [0.25, 0.3) is 0 Å². The molecule has 0 N–H and O–H groups in total. The summed E-state index contributed by atoms with van der Waals surface area (Å²) in [6, 6.07) is 23.9. The van der Waals surface area contributed by atoms with Crippen molar-refractivity contribution in [1.82, 2.24) is 4.31 Å². The summed E-state index contributed by atoms with van der Waals surface area (Å²) >= 11 is 1.26. The van der Waals surface area contributed by atoms with E-state index in [-0.39, 0.29) is 11.4 Å². The zero-order chi connectivity index (χ0) is 22.1. The van der Waals surface area contributed by atoms with Crippen LogP contribution in [0.5, 0.6) is 11.5 Å². The lowest BCUT2D eigenvalue weighted by molar-refractivity contribution is 0.306. The first kappa shape index (κ1) is 23.3. The lowest BCUT2D eigenvalue weighted by Gasteiger charge is -2.21. The Morgan fingerprint density at radius 1 is 0.839 bits per heavy atom. The molecule has 0 saturated heterocycles. The van der Waals surface area contributed by atoms with Crippen molar-refractivity contribution in [2.24, 2.45) is 0 Å². The van der Waals surface area contributed by atoms with Crippen LogP contribution in [-0.4, -0.2) is 32.4 Å². The fraction of sp³-hybridized carbons (Fsp3) is 0.250. The maximum Gasteiger partial charge on any atom is 0.243 e. The van der Waals surface area contributed by atoms with E-state index in [1.54, 1.807) is 24.3 Å². The van der Waals surface area contributed by atoms with Crippen LogP contribution in [0.3, 0.4) is 0 Å². The number of aryl methyl sites for hydroxylation is 1. The fourth-order valence-corrected chi connectivity index (χ4v) is 4.95. The third kappa shape index (κ3) is 6.83. The molecule has 0 fully saturated rings. The van der Waals surface area contributed by atoms with Gasteiger partial charge in [-0.2, -0.15) is 4.31 Å². The number of hydrogen-bond acceptors (Lipinski definition) is 5. The molecule has 164 valence electrons. The molecule has 0 spiro atoms. The van der Waals surface area contributed by atoms with Gasteiger partial charge in [0.2, 0.25) is 10.0 Å². The summed E-state index contributed by atoms with van der Waals surface area (Å²) in [6.45, 7) is 5.01. The Hall–Kier alpha value is -2.32. The molecular weight excluding hydrogens is 430 g/mol. The van der Waals surface area contributed by atoms with Gasteiger partial charge in [-0.25, -0.2) is 8.42 Å². The predicted octanol–water partition coefficient (Wildman–Crippen LogP) is 5.91. The van der Waals surface area contributed by atoms with Crippen LogP contribution in [0.25, 0.3) is 0 Å². The van der Waals surface area contributed by atoms with E-state index in [1.165, 1.54) is 21.9 Å². The van der Waals surface area contributed by atoms with E-state index in [4.69, 9.17) is 8.92 Å². The Labute approximate surface area is 189 Å². The quantitative estimate of drug-likeness (QED) is 0.265. The van der Waals surface area contributed by atoms with Crippen molar-refractivity contribution in [2.45, 2.75) is 30.1 Å². The molecule has 0 bridgehead atoms. The Kier molecular flexibility index (Phi) is 8.54. The van der Waals surface area contributed by atoms with Crippen molar-refractivity contribution in [2.75, 3.05) is 19.7 Å². The molecule has 31 heavy (non-hydrogen) atoms. The molecule has 0 radical (unpaired) electrons. The number of nitrogens with zero attached hydrogens (tertiary/aromatic N) is 1. The van der Waals surface area contributed by atoms with Crippen LogP contribution in [0.15, 0.2) is 88.7 Å². The standard InChI is InChI=1S/C24H27NO4S2/c1-3-17-25(18-19-28-30-23-13-9-20(2)10-14-23)31(26,27)24-15-11-22(12-16-24)29-21-7-5-4-6-8-21/h4-16H,3,17-19H2,1-2H3. The monoisotopic (exact) mass is 457 g/mol. The molecule has 0 saturated carbocycles. The van der Waals surface area contributed by atoms with Gasteiger partial charge in [-0.15, -0.1) is 0 Å². The molecule has 0 aliphatic rings. The van der Waals surface area contributed by atoms with Gasteiger partial charge in [0.05, 0.1) is 11.5 Å². The average Bonchev–Trinajstić information content (AvgIpc) is 2.78. The molecule has 0 unspecified atom stereocenters. The summed E-state index contributed by atoms with van der Waals surface area (Å²) in [5.41, 5.74) is 1.18. The van der Waals surface area contributed by atoms with E-state index in [0.29, 0.717) is 24.7 Å². The minimum atomic E-state index is -3.62. The van der Waals surface area contributed by atoms with Crippen LogP contribution in [0.4, 0.5) is 0 Å². The lowest BCUT2D eigenvalue weighted by Crippen LogP contribution is -2.34. The first-order valence-corrected chi connectivity index (χ1v) is 12.4. The van der Waals surface area contributed by atoms with Crippen molar-refractivity contribution in [1.29, 1.82) is 0 Å². The number of para-hydroxylation sites is 1. The van der Waals surface area contributed by atoms with E-state index in [9.17, 15) is 8.42 Å². The van der Waals surface area contributed by atoms with E-state index in [1.807, 2.05) is 68.4 Å². The second kappa shape index (κ2) is 11.3. The maximum absolute atomic E-state index is 13.1. The van der Waals surface area contributed by atoms with Gasteiger partial charge in [0, 0.05) is 30.0 Å². The number of sulfonamides is 1. The Morgan fingerprint density at radius 3 is 2.13 bits per heavy atom. The van der Waals surface area contributed by atoms with Crippen LogP contribution in [0, 0.1) is 6.92 Å². The van der Waals surface area contributed by atoms with Crippen LogP contribution < -0.4 is 4.74 Å². The highest BCUT2D eigenvalue weighted by molar-refractivity contribution is 7.94. The molecule has 7 heteroatoms. The second-order valence-electron chi connectivity index (χ2n) is 7.01. The SMILES string of the molecule is CCCN(CCOSc1ccc(C)cc1)S(=O)(=O)c1ccc(Oc2ccccc2)cc1. The third-order valence-electron chi connectivity index (χ3n) is 4.51. The maximum atomic E-state index is 13.1. The Bertz CT molecular complexity index is 1040. The van der Waals surface area contributed by atoms with Crippen LogP contribution in [-0.2, 0) is 14.2 Å². The van der Waals surface area contributed by atoms with E-state index in [0.717, 1.165) is 11.3 Å². The molecule has 3 aromatic rings. The Morgan fingerprint density at radius 2 is 1.48 bits per heavy atom. The van der Waals surface area contributed by atoms with Crippen molar-refractivity contribution < 1.29 is 17.3 Å². The van der Waals surface area contributed by atoms with Crippen LogP contribution in [0.1, 0.15) is 18.9 Å². The van der Waals surface area contributed by atoms with Gasteiger partial charge in [-0.05, 0) is 61.9 Å². The predicted molar refractivity (Wildman–Crippen MR) is 125 cm³/mol. The van der Waals surface area contributed by atoms with Crippen molar-refractivity contribution in [3.05, 3.63) is 84.4 Å². The molecule has 0 amide bonds. The minimum absolute atomic E-state index is 0.243. The summed E-state index contributed by atoms with van der Waals surface area (Å²) < 4.78 is 39.1. The largest absolute Gasteiger partial charge is 0.457 e. The summed E-state index contributed by atoms with van der Waals surface area (Å²) in [7, 11) is -3.62. The molecular formula is C24H27NO4S2. The van der Waals surface area contributed by atoms with Gasteiger partial charge < -0.3 is 8.92 Å². The molecule has 0 aliphatic carbocycles. The molecule has 3 rings (SSSR count). The van der Waals surface area contributed by atoms with Gasteiger partial charge in [-0.1, -0.05) is 42.8 Å². The highest BCUT2D eigenvalue weighted by atomic mass is 32.2. The molecule has 0 heterocycles. The van der Waals surface area contributed by atoms with Gasteiger partial charge >= 0.3 is 0 Å². The van der Waals surface area contributed by atoms with E-state index >= 15 is 0 Å². The summed E-state index contributed by atoms with van der Waals surface area (Å²) in [5, 5.41) is 0. The van der Waals surface area contributed by atoms with Gasteiger partial charge in [-0.3, -0.25) is 0 Å². The highest BCUT2D eigenvalue weighted by Gasteiger charge is 2.23. The number of rotatable bonds is 11. The van der Waals surface area contributed by atoms with Crippen molar-refractivity contribution in [3.63, 3.8) is 0 Å². The molecule has 0 aromatic heterocycles. The lowest BCUT2D eigenvalue weighted by atomic mass is 10.2. The smallest absolute Gasteiger partial charge is 0.243 e.